The molecular formula is C68H47N. The average molecular weight is 878 g/mol. The van der Waals surface area contributed by atoms with Crippen molar-refractivity contribution in [3.8, 4) is 55.6 Å². The molecule has 69 heavy (non-hydrogen) atoms. The van der Waals surface area contributed by atoms with E-state index in [1.165, 1.54) is 99.1 Å². The van der Waals surface area contributed by atoms with Crippen LogP contribution in [0.3, 0.4) is 0 Å². The normalized spacial score (nSPS) is 13.9. The van der Waals surface area contributed by atoms with Crippen LogP contribution in [0.4, 0.5) is 17.1 Å². The van der Waals surface area contributed by atoms with E-state index in [0.29, 0.717) is 0 Å². The molecular weight excluding hydrogens is 831 g/mol. The highest BCUT2D eigenvalue weighted by atomic mass is 15.1. The van der Waals surface area contributed by atoms with Gasteiger partial charge in [0.15, 0.2) is 0 Å². The van der Waals surface area contributed by atoms with Crippen LogP contribution < -0.4 is 4.90 Å². The summed E-state index contributed by atoms with van der Waals surface area (Å²) in [5.41, 5.74) is 19.2. The van der Waals surface area contributed by atoms with Crippen LogP contribution in [-0.4, -0.2) is 0 Å². The van der Waals surface area contributed by atoms with Gasteiger partial charge in [-0.3, -0.25) is 0 Å². The lowest BCUT2D eigenvalue weighted by molar-refractivity contribution is 0.714. The fourth-order valence-corrected chi connectivity index (χ4v) is 11.3. The third-order valence-corrected chi connectivity index (χ3v) is 14.7. The number of benzene rings is 12. The minimum Gasteiger partial charge on any atom is -0.310 e. The highest BCUT2D eigenvalue weighted by Gasteiger charge is 2.41. The molecule has 0 saturated carbocycles. The molecule has 12 aromatic rings. The lowest BCUT2D eigenvalue weighted by atomic mass is 9.74. The second kappa shape index (κ2) is 16.5. The minimum atomic E-state index is -0.279. The van der Waals surface area contributed by atoms with Gasteiger partial charge >= 0.3 is 0 Å². The van der Waals surface area contributed by atoms with Crippen molar-refractivity contribution in [3.63, 3.8) is 0 Å². The summed E-state index contributed by atoms with van der Waals surface area (Å²) >= 11 is 0. The molecule has 0 amide bonds. The zero-order valence-corrected chi connectivity index (χ0v) is 38.4. The number of nitrogens with zero attached hydrogens (tertiary/aromatic N) is 1. The van der Waals surface area contributed by atoms with E-state index in [9.17, 15) is 0 Å². The molecule has 1 aliphatic rings. The van der Waals surface area contributed by atoms with Crippen LogP contribution >= 0.6 is 0 Å². The van der Waals surface area contributed by atoms with Crippen LogP contribution in [0, 0.1) is 0 Å². The Labute approximate surface area is 403 Å². The Morgan fingerprint density at radius 2 is 0.797 bits per heavy atom. The van der Waals surface area contributed by atoms with Gasteiger partial charge in [0, 0.05) is 22.5 Å². The number of fused-ring (bicyclic) bond motifs is 7. The van der Waals surface area contributed by atoms with E-state index >= 15 is 0 Å². The van der Waals surface area contributed by atoms with Crippen molar-refractivity contribution in [2.75, 3.05) is 4.90 Å². The predicted octanol–water partition coefficient (Wildman–Crippen LogP) is 18.6. The minimum absolute atomic E-state index is 0.279. The van der Waals surface area contributed by atoms with Crippen LogP contribution in [0.5, 0.6) is 0 Å². The molecule has 0 aromatic heterocycles. The SMILES string of the molecule is CC1(c2ccccc2)c2ccccc2-c2cc(N(c3ccc(-c4ccc5ccccc5c4)cc3)c3cccc(-c4ccc5c(c4)c(-c4ccccc4)c(-c4ccccc4)c4ccccc45)c3)ccc21. The Bertz CT molecular complexity index is 3890. The van der Waals surface area contributed by atoms with Gasteiger partial charge in [-0.05, 0) is 160 Å². The molecule has 13 rings (SSSR count). The Morgan fingerprint density at radius 1 is 0.275 bits per heavy atom. The summed E-state index contributed by atoms with van der Waals surface area (Å²) in [4.78, 5) is 2.44. The van der Waals surface area contributed by atoms with E-state index in [-0.39, 0.29) is 5.41 Å². The standard InChI is InChI=1S/C68H47N/c1-68(54-25-9-4-10-26-54)64-31-16-15-29-60(64)62-45-57(39-41-65(62)68)69(55-37-34-47(35-38-55)52-33-32-46-18-11-12-23-50(46)42-52)56-27-17-24-51(43-56)53-36-40-59-58-28-13-14-30-61(58)66(48-19-5-2-6-20-48)67(63(59)44-53)49-21-7-3-8-22-49/h2-45H,1H3. The average Bonchev–Trinajstić information content (AvgIpc) is 3.69. The van der Waals surface area contributed by atoms with Gasteiger partial charge in [0.2, 0.25) is 0 Å². The zero-order chi connectivity index (χ0) is 45.9. The Morgan fingerprint density at radius 3 is 1.57 bits per heavy atom. The van der Waals surface area contributed by atoms with Gasteiger partial charge in [-0.2, -0.15) is 0 Å². The molecule has 0 bridgehead atoms. The molecule has 0 N–H and O–H groups in total. The monoisotopic (exact) mass is 877 g/mol. The molecule has 0 fully saturated rings. The van der Waals surface area contributed by atoms with Crippen molar-refractivity contribution in [2.45, 2.75) is 12.3 Å². The summed E-state index contributed by atoms with van der Waals surface area (Å²) in [6.07, 6.45) is 0. The largest absolute Gasteiger partial charge is 0.310 e. The van der Waals surface area contributed by atoms with Gasteiger partial charge in [-0.1, -0.05) is 218 Å². The zero-order valence-electron chi connectivity index (χ0n) is 38.4. The summed E-state index contributed by atoms with van der Waals surface area (Å²) in [6, 6.07) is 98.4. The van der Waals surface area contributed by atoms with Crippen LogP contribution in [0.2, 0.25) is 0 Å². The van der Waals surface area contributed by atoms with Crippen molar-refractivity contribution in [1.82, 2.24) is 0 Å². The van der Waals surface area contributed by atoms with Crippen LogP contribution in [0.1, 0.15) is 23.6 Å². The number of hydrogen-bond donors (Lipinski definition) is 0. The molecule has 12 aromatic carbocycles. The quantitative estimate of drug-likeness (QED) is 0.138. The first-order valence-corrected chi connectivity index (χ1v) is 24.0. The van der Waals surface area contributed by atoms with E-state index < -0.39 is 0 Å². The van der Waals surface area contributed by atoms with Crippen LogP contribution in [-0.2, 0) is 5.41 Å². The van der Waals surface area contributed by atoms with Gasteiger partial charge in [0.25, 0.3) is 0 Å². The van der Waals surface area contributed by atoms with Gasteiger partial charge in [0.1, 0.15) is 0 Å². The Balaban J connectivity index is 0.990. The first kappa shape index (κ1) is 40.5. The molecule has 1 unspecified atom stereocenters. The Hall–Kier alpha value is -8.78. The fraction of sp³-hybridized carbons (Fsp3) is 0.0294. The van der Waals surface area contributed by atoms with Crippen molar-refractivity contribution in [2.24, 2.45) is 0 Å². The number of rotatable bonds is 8. The van der Waals surface area contributed by atoms with Crippen molar-refractivity contribution in [3.05, 3.63) is 284 Å². The summed E-state index contributed by atoms with van der Waals surface area (Å²) in [5.74, 6) is 0. The maximum Gasteiger partial charge on any atom is 0.0468 e. The maximum atomic E-state index is 2.44. The maximum absolute atomic E-state index is 2.44. The highest BCUT2D eigenvalue weighted by Crippen LogP contribution is 2.54. The van der Waals surface area contributed by atoms with Crippen molar-refractivity contribution >= 4 is 49.4 Å². The molecule has 0 radical (unpaired) electrons. The topological polar surface area (TPSA) is 3.24 Å². The number of anilines is 3. The predicted molar refractivity (Wildman–Crippen MR) is 293 cm³/mol. The van der Waals surface area contributed by atoms with Crippen molar-refractivity contribution < 1.29 is 0 Å². The molecule has 1 heteroatoms. The third kappa shape index (κ3) is 6.77. The van der Waals surface area contributed by atoms with E-state index in [1.807, 2.05) is 0 Å². The number of hydrogen-bond acceptors (Lipinski definition) is 1. The van der Waals surface area contributed by atoms with Crippen LogP contribution in [0.15, 0.2) is 267 Å². The molecule has 0 heterocycles. The first-order valence-electron chi connectivity index (χ1n) is 24.0. The molecule has 0 spiro atoms. The molecule has 0 aliphatic heterocycles. The second-order valence-corrected chi connectivity index (χ2v) is 18.5. The van der Waals surface area contributed by atoms with E-state index in [4.69, 9.17) is 0 Å². The Kier molecular flexibility index (Phi) is 9.70. The summed E-state index contributed by atoms with van der Waals surface area (Å²) in [5, 5.41) is 7.49. The lowest BCUT2D eigenvalue weighted by Gasteiger charge is -2.30. The van der Waals surface area contributed by atoms with E-state index in [1.54, 1.807) is 0 Å². The summed E-state index contributed by atoms with van der Waals surface area (Å²) < 4.78 is 0. The second-order valence-electron chi connectivity index (χ2n) is 18.5. The first-order chi connectivity index (χ1) is 34.1. The van der Waals surface area contributed by atoms with Gasteiger partial charge in [0.05, 0.1) is 0 Å². The summed E-state index contributed by atoms with van der Waals surface area (Å²) in [7, 11) is 0. The molecule has 324 valence electrons. The third-order valence-electron chi connectivity index (χ3n) is 14.7. The fourth-order valence-electron chi connectivity index (χ4n) is 11.3. The van der Waals surface area contributed by atoms with E-state index in [0.717, 1.165) is 22.6 Å². The van der Waals surface area contributed by atoms with Crippen molar-refractivity contribution in [1.29, 1.82) is 0 Å². The molecule has 1 atom stereocenters. The smallest absolute Gasteiger partial charge is 0.0468 e. The van der Waals surface area contributed by atoms with Gasteiger partial charge in [-0.15, -0.1) is 0 Å². The van der Waals surface area contributed by atoms with Crippen LogP contribution in [0.25, 0.3) is 88.0 Å². The van der Waals surface area contributed by atoms with Gasteiger partial charge < -0.3 is 4.90 Å². The molecule has 0 saturated heterocycles. The van der Waals surface area contributed by atoms with E-state index in [2.05, 4.69) is 279 Å². The molecule has 1 aliphatic carbocycles. The summed E-state index contributed by atoms with van der Waals surface area (Å²) in [6.45, 7) is 2.39. The lowest BCUT2D eigenvalue weighted by Crippen LogP contribution is -2.22. The highest BCUT2D eigenvalue weighted by molar-refractivity contribution is 6.22. The van der Waals surface area contributed by atoms with Gasteiger partial charge in [-0.25, -0.2) is 0 Å². The molecule has 1 nitrogen and oxygen atoms in total.